The first-order valence-corrected chi connectivity index (χ1v) is 5.47. The van der Waals surface area contributed by atoms with E-state index in [-0.39, 0.29) is 12.5 Å². The van der Waals surface area contributed by atoms with Crippen LogP contribution in [-0.4, -0.2) is 41.8 Å². The molecule has 0 fully saturated rings. The summed E-state index contributed by atoms with van der Waals surface area (Å²) < 4.78 is 4.92. The summed E-state index contributed by atoms with van der Waals surface area (Å²) in [5, 5.41) is 9.00. The van der Waals surface area contributed by atoms with Gasteiger partial charge in [0.25, 0.3) is 0 Å². The van der Waals surface area contributed by atoms with Crippen LogP contribution >= 0.6 is 0 Å². The maximum atomic E-state index is 11.5. The van der Waals surface area contributed by atoms with E-state index in [9.17, 15) is 9.59 Å². The van der Waals surface area contributed by atoms with Crippen molar-refractivity contribution in [3.63, 3.8) is 0 Å². The highest BCUT2D eigenvalue weighted by Gasteiger charge is 2.30. The van der Waals surface area contributed by atoms with Crippen LogP contribution in [0.1, 0.15) is 26.7 Å². The van der Waals surface area contributed by atoms with E-state index in [1.165, 1.54) is 7.05 Å². The van der Waals surface area contributed by atoms with Gasteiger partial charge in [-0.1, -0.05) is 13.8 Å². The van der Waals surface area contributed by atoms with Gasteiger partial charge in [0.15, 0.2) is 0 Å². The normalized spacial score (nSPS) is 11.7. The number of hydrogen-bond donors (Lipinski definition) is 1. The lowest BCUT2D eigenvalue weighted by atomic mass is 10.0. The van der Waals surface area contributed by atoms with E-state index in [1.54, 1.807) is 13.8 Å². The number of likely N-dealkylation sites (N-methyl/N-ethyl adjacent to an activating group) is 1. The van der Waals surface area contributed by atoms with Crippen molar-refractivity contribution in [2.45, 2.75) is 32.7 Å². The summed E-state index contributed by atoms with van der Waals surface area (Å²) in [5.41, 5.74) is 0. The van der Waals surface area contributed by atoms with Crippen molar-refractivity contribution in [3.05, 3.63) is 0 Å². The number of terminal acetylenes is 1. The third kappa shape index (κ3) is 5.25. The SMILES string of the molecule is C#CCCCOC(=O)N(C)[C@H](C(=O)O)C(C)C. The van der Waals surface area contributed by atoms with Gasteiger partial charge in [0.05, 0.1) is 6.61 Å². The molecule has 0 rings (SSSR count). The second-order valence-electron chi connectivity index (χ2n) is 4.06. The lowest BCUT2D eigenvalue weighted by Crippen LogP contribution is -2.45. The number of aliphatic carboxylic acids is 1. The van der Waals surface area contributed by atoms with E-state index in [2.05, 4.69) is 5.92 Å². The molecule has 0 saturated heterocycles. The molecule has 1 amide bonds. The van der Waals surface area contributed by atoms with Gasteiger partial charge in [-0.2, -0.15) is 0 Å². The molecule has 0 aromatic rings. The molecule has 17 heavy (non-hydrogen) atoms. The molecule has 0 unspecified atom stereocenters. The Balaban J connectivity index is 4.27. The van der Waals surface area contributed by atoms with E-state index in [0.717, 1.165) is 4.90 Å². The predicted molar refractivity (Wildman–Crippen MR) is 63.4 cm³/mol. The van der Waals surface area contributed by atoms with E-state index < -0.39 is 18.1 Å². The lowest BCUT2D eigenvalue weighted by Gasteiger charge is -2.26. The molecule has 0 aromatic heterocycles. The zero-order valence-electron chi connectivity index (χ0n) is 10.5. The molecule has 5 nitrogen and oxygen atoms in total. The summed E-state index contributed by atoms with van der Waals surface area (Å²) in [6.45, 7) is 3.68. The van der Waals surface area contributed by atoms with Gasteiger partial charge in [-0.3, -0.25) is 4.90 Å². The number of hydrogen-bond acceptors (Lipinski definition) is 3. The number of carbonyl (C=O) groups is 2. The minimum atomic E-state index is -1.04. The number of rotatable bonds is 6. The van der Waals surface area contributed by atoms with Crippen LogP contribution in [0.2, 0.25) is 0 Å². The molecule has 0 heterocycles. The fourth-order valence-electron chi connectivity index (χ4n) is 1.45. The van der Waals surface area contributed by atoms with Crippen LogP contribution in [0.4, 0.5) is 4.79 Å². The smallest absolute Gasteiger partial charge is 0.410 e. The molecule has 0 aliphatic heterocycles. The van der Waals surface area contributed by atoms with E-state index >= 15 is 0 Å². The first-order chi connectivity index (χ1) is 7.91. The van der Waals surface area contributed by atoms with Crippen LogP contribution in [0.15, 0.2) is 0 Å². The van der Waals surface area contributed by atoms with Crippen molar-refractivity contribution in [1.82, 2.24) is 4.90 Å². The van der Waals surface area contributed by atoms with Crippen molar-refractivity contribution in [3.8, 4) is 12.3 Å². The Labute approximate surface area is 102 Å². The Morgan fingerprint density at radius 2 is 2.06 bits per heavy atom. The molecule has 0 bridgehead atoms. The van der Waals surface area contributed by atoms with E-state index in [4.69, 9.17) is 16.3 Å². The molecule has 0 aliphatic carbocycles. The predicted octanol–water partition coefficient (Wildman–Crippen LogP) is 1.58. The average molecular weight is 241 g/mol. The van der Waals surface area contributed by atoms with Gasteiger partial charge in [0.2, 0.25) is 0 Å². The number of nitrogens with zero attached hydrogens (tertiary/aromatic N) is 1. The second-order valence-corrected chi connectivity index (χ2v) is 4.06. The van der Waals surface area contributed by atoms with Crippen LogP contribution in [-0.2, 0) is 9.53 Å². The van der Waals surface area contributed by atoms with Crippen LogP contribution in [0, 0.1) is 18.3 Å². The van der Waals surface area contributed by atoms with Gasteiger partial charge in [-0.25, -0.2) is 9.59 Å². The highest BCUT2D eigenvalue weighted by Crippen LogP contribution is 2.10. The van der Waals surface area contributed by atoms with Crippen LogP contribution < -0.4 is 0 Å². The van der Waals surface area contributed by atoms with Crippen molar-refractivity contribution >= 4 is 12.1 Å². The van der Waals surface area contributed by atoms with Crippen molar-refractivity contribution in [1.29, 1.82) is 0 Å². The molecule has 0 aliphatic rings. The summed E-state index contributed by atoms with van der Waals surface area (Å²) >= 11 is 0. The quantitative estimate of drug-likeness (QED) is 0.566. The van der Waals surface area contributed by atoms with Crippen molar-refractivity contribution in [2.75, 3.05) is 13.7 Å². The zero-order chi connectivity index (χ0) is 13.4. The Hall–Kier alpha value is -1.70. The highest BCUT2D eigenvalue weighted by atomic mass is 16.6. The maximum Gasteiger partial charge on any atom is 0.410 e. The third-order valence-electron chi connectivity index (χ3n) is 2.28. The molecular formula is C12H19NO4. The number of ether oxygens (including phenoxy) is 1. The fraction of sp³-hybridized carbons (Fsp3) is 0.667. The third-order valence-corrected chi connectivity index (χ3v) is 2.28. The van der Waals surface area contributed by atoms with Gasteiger partial charge in [-0.15, -0.1) is 12.3 Å². The molecule has 0 spiro atoms. The number of carbonyl (C=O) groups excluding carboxylic acids is 1. The Morgan fingerprint density at radius 1 is 1.47 bits per heavy atom. The number of carboxylic acid groups (broad SMARTS) is 1. The molecule has 0 aromatic carbocycles. The van der Waals surface area contributed by atoms with E-state index in [0.29, 0.717) is 12.8 Å². The standard InChI is InChI=1S/C12H19NO4/c1-5-6-7-8-17-12(16)13(4)10(9(2)3)11(14)15/h1,9-10H,6-8H2,2-4H3,(H,14,15)/t10-/m0/s1. The average Bonchev–Trinajstić information content (AvgIpc) is 2.22. The van der Waals surface area contributed by atoms with Crippen LogP contribution in [0.25, 0.3) is 0 Å². The van der Waals surface area contributed by atoms with Gasteiger partial charge in [0, 0.05) is 13.5 Å². The molecule has 1 N–H and O–H groups in total. The topological polar surface area (TPSA) is 66.8 Å². The van der Waals surface area contributed by atoms with Crippen LogP contribution in [0.5, 0.6) is 0 Å². The van der Waals surface area contributed by atoms with Crippen LogP contribution in [0.3, 0.4) is 0 Å². The molecule has 5 heteroatoms. The number of unbranched alkanes of at least 4 members (excludes halogenated alkanes) is 1. The molecule has 0 saturated carbocycles. The molecule has 96 valence electrons. The maximum absolute atomic E-state index is 11.5. The van der Waals surface area contributed by atoms with Crippen molar-refractivity contribution < 1.29 is 19.4 Å². The van der Waals surface area contributed by atoms with Gasteiger partial charge in [-0.05, 0) is 12.3 Å². The second kappa shape index (κ2) is 7.55. The minimum absolute atomic E-state index is 0.184. The Bertz CT molecular complexity index is 306. The monoisotopic (exact) mass is 241 g/mol. The molecule has 1 atom stereocenters. The molecule has 0 radical (unpaired) electrons. The minimum Gasteiger partial charge on any atom is -0.480 e. The summed E-state index contributed by atoms with van der Waals surface area (Å²) in [7, 11) is 1.42. The van der Waals surface area contributed by atoms with Gasteiger partial charge in [0.1, 0.15) is 6.04 Å². The summed E-state index contributed by atoms with van der Waals surface area (Å²) in [5.74, 6) is 1.21. The summed E-state index contributed by atoms with van der Waals surface area (Å²) in [6.07, 6.45) is 5.53. The first-order valence-electron chi connectivity index (χ1n) is 5.47. The van der Waals surface area contributed by atoms with Gasteiger partial charge < -0.3 is 9.84 Å². The summed E-state index contributed by atoms with van der Waals surface area (Å²) in [4.78, 5) is 23.6. The zero-order valence-corrected chi connectivity index (χ0v) is 10.5. The Kier molecular flexibility index (Phi) is 6.80. The van der Waals surface area contributed by atoms with Gasteiger partial charge >= 0.3 is 12.1 Å². The highest BCUT2D eigenvalue weighted by molar-refractivity contribution is 5.80. The largest absolute Gasteiger partial charge is 0.480 e. The molecular weight excluding hydrogens is 222 g/mol. The Morgan fingerprint density at radius 3 is 2.47 bits per heavy atom. The summed E-state index contributed by atoms with van der Waals surface area (Å²) in [6, 6.07) is -0.880. The number of amides is 1. The fourth-order valence-corrected chi connectivity index (χ4v) is 1.45. The number of carboxylic acids is 1. The first kappa shape index (κ1) is 15.3. The van der Waals surface area contributed by atoms with E-state index in [1.807, 2.05) is 0 Å². The lowest BCUT2D eigenvalue weighted by molar-refractivity contribution is -0.143. The van der Waals surface area contributed by atoms with Crippen molar-refractivity contribution in [2.24, 2.45) is 5.92 Å².